The standard InChI is InChI=1S/C10H9ClN2S/c11-9-3-1-8(2-4-9)7-13-5-6-14-10(13)12/h1-6,12H,7H2. The average molecular weight is 225 g/mol. The predicted octanol–water partition coefficient (Wildman–Crippen LogP) is 2.73. The molecule has 72 valence electrons. The Morgan fingerprint density at radius 2 is 2.00 bits per heavy atom. The van der Waals surface area contributed by atoms with Gasteiger partial charge in [0.15, 0.2) is 4.80 Å². The fraction of sp³-hybridized carbons (Fsp3) is 0.100. The van der Waals surface area contributed by atoms with Crippen LogP contribution in [0.1, 0.15) is 5.56 Å². The molecule has 4 heteroatoms. The molecule has 1 aromatic carbocycles. The molecule has 0 radical (unpaired) electrons. The number of thiazole rings is 1. The lowest BCUT2D eigenvalue weighted by Crippen LogP contribution is -2.12. The van der Waals surface area contributed by atoms with Crippen LogP contribution in [0.5, 0.6) is 0 Å². The third-order valence-electron chi connectivity index (χ3n) is 1.95. The van der Waals surface area contributed by atoms with Crippen molar-refractivity contribution in [1.82, 2.24) is 4.57 Å². The molecule has 0 aliphatic heterocycles. The summed E-state index contributed by atoms with van der Waals surface area (Å²) in [5, 5.41) is 10.3. The maximum absolute atomic E-state index is 7.60. The van der Waals surface area contributed by atoms with Gasteiger partial charge in [-0.2, -0.15) is 0 Å². The van der Waals surface area contributed by atoms with Crippen LogP contribution in [0.15, 0.2) is 35.8 Å². The molecule has 2 aromatic rings. The van der Waals surface area contributed by atoms with Gasteiger partial charge >= 0.3 is 0 Å². The molecular weight excluding hydrogens is 216 g/mol. The molecule has 2 rings (SSSR count). The van der Waals surface area contributed by atoms with Crippen LogP contribution in [-0.4, -0.2) is 4.57 Å². The molecule has 0 bridgehead atoms. The van der Waals surface area contributed by atoms with E-state index in [0.29, 0.717) is 4.80 Å². The van der Waals surface area contributed by atoms with Gasteiger partial charge in [0.1, 0.15) is 0 Å². The van der Waals surface area contributed by atoms with Crippen molar-refractivity contribution in [3.05, 3.63) is 51.2 Å². The van der Waals surface area contributed by atoms with Crippen LogP contribution >= 0.6 is 22.9 Å². The van der Waals surface area contributed by atoms with Crippen molar-refractivity contribution >= 4 is 22.9 Å². The zero-order valence-electron chi connectivity index (χ0n) is 7.40. The molecule has 0 fully saturated rings. The lowest BCUT2D eigenvalue weighted by molar-refractivity contribution is 0.759. The molecule has 2 nitrogen and oxygen atoms in total. The van der Waals surface area contributed by atoms with Crippen molar-refractivity contribution in [3.63, 3.8) is 0 Å². The first-order chi connectivity index (χ1) is 6.75. The molecule has 1 aromatic heterocycles. The second-order valence-corrected chi connectivity index (χ2v) is 4.29. The van der Waals surface area contributed by atoms with E-state index in [0.717, 1.165) is 17.1 Å². The molecule has 0 saturated carbocycles. The summed E-state index contributed by atoms with van der Waals surface area (Å²) in [6, 6.07) is 7.69. The molecule has 14 heavy (non-hydrogen) atoms. The van der Waals surface area contributed by atoms with Crippen molar-refractivity contribution in [3.8, 4) is 0 Å². The highest BCUT2D eigenvalue weighted by Gasteiger charge is 1.96. The topological polar surface area (TPSA) is 28.8 Å². The Hall–Kier alpha value is -1.06. The molecule has 0 atom stereocenters. The van der Waals surface area contributed by atoms with E-state index < -0.39 is 0 Å². The SMILES string of the molecule is N=c1sccn1Cc1ccc(Cl)cc1. The van der Waals surface area contributed by atoms with Gasteiger partial charge in [0.25, 0.3) is 0 Å². The van der Waals surface area contributed by atoms with E-state index in [9.17, 15) is 0 Å². The molecular formula is C10H9ClN2S. The minimum absolute atomic E-state index is 0.569. The molecule has 0 spiro atoms. The number of hydrogen-bond acceptors (Lipinski definition) is 2. The lowest BCUT2D eigenvalue weighted by Gasteiger charge is -2.02. The third kappa shape index (κ3) is 2.05. The van der Waals surface area contributed by atoms with Crippen molar-refractivity contribution in [2.75, 3.05) is 0 Å². The Morgan fingerprint density at radius 1 is 1.29 bits per heavy atom. The first kappa shape index (κ1) is 9.49. The van der Waals surface area contributed by atoms with E-state index >= 15 is 0 Å². The van der Waals surface area contributed by atoms with Gasteiger partial charge in [-0.15, -0.1) is 11.3 Å². The number of hydrogen-bond donors (Lipinski definition) is 1. The summed E-state index contributed by atoms with van der Waals surface area (Å²) in [5.74, 6) is 0. The van der Waals surface area contributed by atoms with Gasteiger partial charge in [0.05, 0.1) is 0 Å². The van der Waals surface area contributed by atoms with E-state index in [1.165, 1.54) is 11.3 Å². The van der Waals surface area contributed by atoms with Crippen molar-refractivity contribution in [2.24, 2.45) is 0 Å². The number of aromatic nitrogens is 1. The molecule has 0 aliphatic carbocycles. The minimum atomic E-state index is 0.569. The fourth-order valence-electron chi connectivity index (χ4n) is 1.21. The average Bonchev–Trinajstić information content (AvgIpc) is 2.56. The number of benzene rings is 1. The van der Waals surface area contributed by atoms with E-state index in [1.54, 1.807) is 0 Å². The number of nitrogens with one attached hydrogen (secondary N) is 1. The Balaban J connectivity index is 2.23. The zero-order chi connectivity index (χ0) is 9.97. The quantitative estimate of drug-likeness (QED) is 0.813. The Labute approximate surface area is 90.9 Å². The molecule has 0 amide bonds. The van der Waals surface area contributed by atoms with Crippen LogP contribution in [0.25, 0.3) is 0 Å². The third-order valence-corrected chi connectivity index (χ3v) is 2.92. The predicted molar refractivity (Wildman–Crippen MR) is 58.7 cm³/mol. The van der Waals surface area contributed by atoms with Crippen molar-refractivity contribution in [1.29, 1.82) is 5.41 Å². The first-order valence-electron chi connectivity index (χ1n) is 4.19. The highest BCUT2D eigenvalue weighted by Crippen LogP contribution is 2.10. The molecule has 0 unspecified atom stereocenters. The normalized spacial score (nSPS) is 10.4. The number of halogens is 1. The van der Waals surface area contributed by atoms with Gasteiger partial charge in [-0.05, 0) is 17.7 Å². The summed E-state index contributed by atoms with van der Waals surface area (Å²) in [6.07, 6.45) is 1.92. The van der Waals surface area contributed by atoms with Crippen LogP contribution in [0.4, 0.5) is 0 Å². The van der Waals surface area contributed by atoms with Crippen LogP contribution in [0.2, 0.25) is 5.02 Å². The second-order valence-electron chi connectivity index (χ2n) is 2.96. The molecule has 1 N–H and O–H groups in total. The minimum Gasteiger partial charge on any atom is -0.320 e. The van der Waals surface area contributed by atoms with Crippen LogP contribution < -0.4 is 4.80 Å². The number of nitrogens with zero attached hydrogens (tertiary/aromatic N) is 1. The Bertz CT molecular complexity index is 469. The summed E-state index contributed by atoms with van der Waals surface area (Å²) in [6.45, 7) is 0.736. The van der Waals surface area contributed by atoms with Crippen LogP contribution in [0.3, 0.4) is 0 Å². The summed E-state index contributed by atoms with van der Waals surface area (Å²) in [4.78, 5) is 0.569. The Kier molecular flexibility index (Phi) is 2.70. The molecule has 1 heterocycles. The van der Waals surface area contributed by atoms with Gasteiger partial charge in [-0.25, -0.2) is 0 Å². The van der Waals surface area contributed by atoms with Crippen molar-refractivity contribution in [2.45, 2.75) is 6.54 Å². The maximum Gasteiger partial charge on any atom is 0.182 e. The largest absolute Gasteiger partial charge is 0.320 e. The molecule has 0 saturated heterocycles. The monoisotopic (exact) mass is 224 g/mol. The van der Waals surface area contributed by atoms with Crippen molar-refractivity contribution < 1.29 is 0 Å². The summed E-state index contributed by atoms with van der Waals surface area (Å²) in [7, 11) is 0. The lowest BCUT2D eigenvalue weighted by atomic mass is 10.2. The van der Waals surface area contributed by atoms with Gasteiger partial charge in [0, 0.05) is 23.1 Å². The van der Waals surface area contributed by atoms with Gasteiger partial charge in [-0.3, -0.25) is 5.41 Å². The van der Waals surface area contributed by atoms with Crippen LogP contribution in [0, 0.1) is 5.41 Å². The number of rotatable bonds is 2. The van der Waals surface area contributed by atoms with Gasteiger partial charge in [-0.1, -0.05) is 23.7 Å². The highest BCUT2D eigenvalue weighted by molar-refractivity contribution is 7.06. The smallest absolute Gasteiger partial charge is 0.182 e. The summed E-state index contributed by atoms with van der Waals surface area (Å²) < 4.78 is 1.90. The van der Waals surface area contributed by atoms with E-state index in [1.807, 2.05) is 40.4 Å². The second kappa shape index (κ2) is 3.98. The van der Waals surface area contributed by atoms with Gasteiger partial charge < -0.3 is 4.57 Å². The highest BCUT2D eigenvalue weighted by atomic mass is 35.5. The molecule has 0 aliphatic rings. The summed E-state index contributed by atoms with van der Waals surface area (Å²) in [5.41, 5.74) is 1.16. The van der Waals surface area contributed by atoms with Crippen LogP contribution in [-0.2, 0) is 6.54 Å². The maximum atomic E-state index is 7.60. The summed E-state index contributed by atoms with van der Waals surface area (Å²) >= 11 is 7.21. The van der Waals surface area contributed by atoms with E-state index in [4.69, 9.17) is 17.0 Å². The zero-order valence-corrected chi connectivity index (χ0v) is 8.98. The first-order valence-corrected chi connectivity index (χ1v) is 5.44. The van der Waals surface area contributed by atoms with Gasteiger partial charge in [0.2, 0.25) is 0 Å². The van der Waals surface area contributed by atoms with E-state index in [-0.39, 0.29) is 0 Å². The van der Waals surface area contributed by atoms with E-state index in [2.05, 4.69) is 0 Å². The Morgan fingerprint density at radius 3 is 2.57 bits per heavy atom. The fourth-order valence-corrected chi connectivity index (χ4v) is 1.94.